The minimum absolute atomic E-state index is 0.153. The molecule has 110 valence electrons. The van der Waals surface area contributed by atoms with E-state index in [1.165, 1.54) is 4.90 Å². The summed E-state index contributed by atoms with van der Waals surface area (Å²) in [4.78, 5) is 13.4. The zero-order valence-corrected chi connectivity index (χ0v) is 12.0. The lowest BCUT2D eigenvalue weighted by molar-refractivity contribution is 0.103. The zero-order valence-electron chi connectivity index (χ0n) is 13.0. The topological polar surface area (TPSA) is 38.8 Å². The maximum Gasteiger partial charge on any atom is 0.410 e. The van der Waals surface area contributed by atoms with Crippen LogP contribution in [0.4, 0.5) is 4.79 Å². The molecule has 0 bridgehead atoms. The van der Waals surface area contributed by atoms with Crippen LogP contribution in [0.5, 0.6) is 5.75 Å². The van der Waals surface area contributed by atoms with Crippen molar-refractivity contribution in [2.45, 2.75) is 13.2 Å². The van der Waals surface area contributed by atoms with Gasteiger partial charge in [-0.2, -0.15) is 0 Å². The van der Waals surface area contributed by atoms with Crippen LogP contribution in [0.3, 0.4) is 0 Å². The minimum Gasteiger partial charge on any atom is -0.497 e. The molecule has 4 heteroatoms. The van der Waals surface area contributed by atoms with E-state index >= 15 is 0 Å². The third kappa shape index (κ3) is 4.53. The van der Waals surface area contributed by atoms with Crippen molar-refractivity contribution >= 4 is 6.09 Å². The molecule has 2 aromatic rings. The van der Waals surface area contributed by atoms with Gasteiger partial charge in [-0.05, 0) is 23.3 Å². The molecule has 2 rings (SSSR count). The molecule has 2 aromatic carbocycles. The molecular weight excluding hydrogens is 266 g/mol. The van der Waals surface area contributed by atoms with Crippen molar-refractivity contribution in [3.8, 4) is 5.75 Å². The number of methoxy groups -OCH3 is 1. The highest BCUT2D eigenvalue weighted by atomic mass is 16.6. The van der Waals surface area contributed by atoms with E-state index < -0.39 is 6.09 Å². The molecule has 21 heavy (non-hydrogen) atoms. The van der Waals surface area contributed by atoms with Gasteiger partial charge in [0.2, 0.25) is 0 Å². The number of rotatable bonds is 5. The number of benzene rings is 2. The first-order valence-electron chi connectivity index (χ1n) is 7.31. The van der Waals surface area contributed by atoms with E-state index in [4.69, 9.17) is 10.8 Å². The Labute approximate surface area is 126 Å². The molecule has 1 amide bonds. The van der Waals surface area contributed by atoms with E-state index in [0.717, 1.165) is 16.9 Å². The standard InChI is InChI=1S/C17H19NO3/c1-18(12-14-8-10-16(20-2)11-9-14)17(19)21-13-15-6-4-3-5-7-15/h3-11H,12-13H2,1-2H3/i1D. The molecule has 0 aliphatic carbocycles. The van der Waals surface area contributed by atoms with E-state index in [9.17, 15) is 4.79 Å². The smallest absolute Gasteiger partial charge is 0.410 e. The van der Waals surface area contributed by atoms with Crippen LogP contribution in [-0.4, -0.2) is 25.1 Å². The normalized spacial score (nSPS) is 10.6. The maximum absolute atomic E-state index is 12.0. The molecule has 0 aliphatic heterocycles. The van der Waals surface area contributed by atoms with E-state index in [2.05, 4.69) is 0 Å². The Balaban J connectivity index is 1.90. The summed E-state index contributed by atoms with van der Waals surface area (Å²) in [6.45, 7) is 0.542. The number of nitrogens with zero attached hydrogens (tertiary/aromatic N) is 1. The molecule has 4 nitrogen and oxygen atoms in total. The lowest BCUT2D eigenvalue weighted by atomic mass is 10.2. The average Bonchev–Trinajstić information content (AvgIpc) is 2.59. The SMILES string of the molecule is [2H]CN(Cc1ccc(OC)cc1)C(=O)OCc1ccccc1. The van der Waals surface area contributed by atoms with Gasteiger partial charge in [0.15, 0.2) is 0 Å². The number of amides is 1. The van der Waals surface area contributed by atoms with Crippen molar-refractivity contribution in [3.63, 3.8) is 0 Å². The summed E-state index contributed by atoms with van der Waals surface area (Å²) in [5.74, 6) is 0.757. The Hall–Kier alpha value is -2.49. The van der Waals surface area contributed by atoms with Crippen molar-refractivity contribution in [1.82, 2.24) is 4.90 Å². The highest BCUT2D eigenvalue weighted by Gasteiger charge is 2.10. The summed E-state index contributed by atoms with van der Waals surface area (Å²) < 4.78 is 17.8. The van der Waals surface area contributed by atoms with Crippen LogP contribution in [0, 0.1) is 0 Å². The summed E-state index contributed by atoms with van der Waals surface area (Å²) >= 11 is 0. The fraction of sp³-hybridized carbons (Fsp3) is 0.235. The van der Waals surface area contributed by atoms with Crippen molar-refractivity contribution in [2.24, 2.45) is 0 Å². The summed E-state index contributed by atoms with van der Waals surface area (Å²) in [7, 11) is 1.45. The minimum atomic E-state index is -0.491. The van der Waals surface area contributed by atoms with E-state index in [1.807, 2.05) is 54.6 Å². The van der Waals surface area contributed by atoms with Crippen LogP contribution in [0.25, 0.3) is 0 Å². The van der Waals surface area contributed by atoms with Crippen LogP contribution < -0.4 is 4.74 Å². The number of carbonyl (C=O) groups excluding carboxylic acids is 1. The van der Waals surface area contributed by atoms with Crippen LogP contribution >= 0.6 is 0 Å². The summed E-state index contributed by atoms with van der Waals surface area (Å²) in [6, 6.07) is 16.9. The van der Waals surface area contributed by atoms with Crippen molar-refractivity contribution in [1.29, 1.82) is 0 Å². The van der Waals surface area contributed by atoms with Gasteiger partial charge < -0.3 is 14.4 Å². The summed E-state index contributed by atoms with van der Waals surface area (Å²) in [5, 5.41) is 0. The summed E-state index contributed by atoms with van der Waals surface area (Å²) in [5.41, 5.74) is 1.84. The third-order valence-corrected chi connectivity index (χ3v) is 3.00. The number of hydrogen-bond donors (Lipinski definition) is 0. The van der Waals surface area contributed by atoms with Crippen LogP contribution in [0.2, 0.25) is 0 Å². The van der Waals surface area contributed by atoms with Gasteiger partial charge >= 0.3 is 6.09 Å². The predicted molar refractivity (Wildman–Crippen MR) is 81.1 cm³/mol. The Morgan fingerprint density at radius 3 is 2.43 bits per heavy atom. The van der Waals surface area contributed by atoms with Crippen LogP contribution in [-0.2, 0) is 17.9 Å². The third-order valence-electron chi connectivity index (χ3n) is 3.00. The molecular formula is C17H19NO3. The first kappa shape index (κ1) is 13.5. The maximum atomic E-state index is 12.0. The lowest BCUT2D eigenvalue weighted by Gasteiger charge is -2.17. The molecule has 0 saturated heterocycles. The molecule has 0 atom stereocenters. The molecule has 0 saturated carbocycles. The molecule has 0 N–H and O–H groups in total. The molecule has 0 aliphatic rings. The average molecular weight is 286 g/mol. The molecule has 0 unspecified atom stereocenters. The Bertz CT molecular complexity index is 587. The van der Waals surface area contributed by atoms with Crippen molar-refractivity contribution < 1.29 is 15.6 Å². The predicted octanol–water partition coefficient (Wildman–Crippen LogP) is 3.46. The quantitative estimate of drug-likeness (QED) is 0.845. The molecule has 0 fully saturated rings. The fourth-order valence-corrected chi connectivity index (χ4v) is 1.83. The molecule has 0 spiro atoms. The van der Waals surface area contributed by atoms with Gasteiger partial charge in [0.25, 0.3) is 0 Å². The highest BCUT2D eigenvalue weighted by molar-refractivity contribution is 5.67. The second-order valence-electron chi connectivity index (χ2n) is 4.59. The van der Waals surface area contributed by atoms with Gasteiger partial charge in [-0.1, -0.05) is 42.5 Å². The van der Waals surface area contributed by atoms with Crippen LogP contribution in [0.15, 0.2) is 54.6 Å². The van der Waals surface area contributed by atoms with Crippen molar-refractivity contribution in [3.05, 3.63) is 65.7 Å². The first-order chi connectivity index (χ1) is 10.7. The highest BCUT2D eigenvalue weighted by Crippen LogP contribution is 2.13. The fourth-order valence-electron chi connectivity index (χ4n) is 1.83. The Kier molecular flexibility index (Phi) is 4.71. The molecule has 0 heterocycles. The number of ether oxygens (including phenoxy) is 2. The Morgan fingerprint density at radius 2 is 1.81 bits per heavy atom. The van der Waals surface area contributed by atoms with Gasteiger partial charge in [0.05, 0.1) is 7.11 Å². The van der Waals surface area contributed by atoms with Gasteiger partial charge in [0, 0.05) is 14.9 Å². The molecule has 0 radical (unpaired) electrons. The van der Waals surface area contributed by atoms with E-state index in [1.54, 1.807) is 7.11 Å². The second kappa shape index (κ2) is 7.33. The van der Waals surface area contributed by atoms with Crippen LogP contribution in [0.1, 0.15) is 12.5 Å². The van der Waals surface area contributed by atoms with Crippen molar-refractivity contribution in [2.75, 3.05) is 14.1 Å². The second-order valence-corrected chi connectivity index (χ2v) is 4.59. The molecule has 0 aromatic heterocycles. The largest absolute Gasteiger partial charge is 0.497 e. The zero-order chi connectivity index (χ0) is 15.8. The number of carbonyl (C=O) groups is 1. The monoisotopic (exact) mass is 286 g/mol. The van der Waals surface area contributed by atoms with E-state index in [-0.39, 0.29) is 13.6 Å². The van der Waals surface area contributed by atoms with Gasteiger partial charge in [-0.15, -0.1) is 0 Å². The van der Waals surface area contributed by atoms with Gasteiger partial charge in [0.1, 0.15) is 12.4 Å². The van der Waals surface area contributed by atoms with Gasteiger partial charge in [-0.3, -0.25) is 0 Å². The lowest BCUT2D eigenvalue weighted by Crippen LogP contribution is -2.26. The first-order valence-corrected chi connectivity index (χ1v) is 6.60. The number of hydrogen-bond acceptors (Lipinski definition) is 3. The van der Waals surface area contributed by atoms with E-state index in [0.29, 0.717) is 6.54 Å². The Morgan fingerprint density at radius 1 is 1.10 bits per heavy atom. The summed E-state index contributed by atoms with van der Waals surface area (Å²) in [6.07, 6.45) is -0.491. The van der Waals surface area contributed by atoms with Gasteiger partial charge in [-0.25, -0.2) is 4.79 Å².